The summed E-state index contributed by atoms with van der Waals surface area (Å²) >= 11 is 0. The molecule has 0 aliphatic rings. The number of aryl methyl sites for hydroxylation is 1. The number of hydrogen-bond acceptors (Lipinski definition) is 4. The van der Waals surface area contributed by atoms with Gasteiger partial charge in [0, 0.05) is 39.4 Å². The van der Waals surface area contributed by atoms with Gasteiger partial charge in [0.15, 0.2) is 11.8 Å². The molecule has 1 heterocycles. The highest BCUT2D eigenvalue weighted by atomic mass is 19.1. The second-order valence-electron chi connectivity index (χ2n) is 7.73. The molecule has 0 fully saturated rings. The van der Waals surface area contributed by atoms with Gasteiger partial charge in [-0.25, -0.2) is 9.38 Å². The highest BCUT2D eigenvalue weighted by Gasteiger charge is 2.06. The summed E-state index contributed by atoms with van der Waals surface area (Å²) < 4.78 is 15.4. The molecular formula is C24H32FN7. The van der Waals surface area contributed by atoms with Crippen molar-refractivity contribution < 1.29 is 4.39 Å². The van der Waals surface area contributed by atoms with Gasteiger partial charge in [0.2, 0.25) is 0 Å². The lowest BCUT2D eigenvalue weighted by molar-refractivity contribution is 0.625. The Balaban J connectivity index is 1.53. The Hall–Kier alpha value is -3.42. The van der Waals surface area contributed by atoms with Gasteiger partial charge < -0.3 is 20.1 Å². The monoisotopic (exact) mass is 437 g/mol. The molecule has 0 saturated heterocycles. The minimum atomic E-state index is -0.213. The topological polar surface area (TPSA) is 70.4 Å². The molecule has 0 aliphatic heterocycles. The van der Waals surface area contributed by atoms with Crippen LogP contribution in [0.25, 0.3) is 0 Å². The number of nitrogens with one attached hydrogen (secondary N) is 2. The van der Waals surface area contributed by atoms with Crippen LogP contribution in [0.3, 0.4) is 0 Å². The minimum absolute atomic E-state index is 0.213. The normalized spacial score (nSPS) is 11.4. The van der Waals surface area contributed by atoms with E-state index in [1.165, 1.54) is 11.8 Å². The average molecular weight is 438 g/mol. The summed E-state index contributed by atoms with van der Waals surface area (Å²) in [6, 6.07) is 17.0. The van der Waals surface area contributed by atoms with Crippen LogP contribution in [0.2, 0.25) is 0 Å². The van der Waals surface area contributed by atoms with E-state index in [0.717, 1.165) is 36.7 Å². The molecular weight excluding hydrogens is 405 g/mol. The molecule has 0 radical (unpaired) electrons. The molecule has 0 spiro atoms. The number of rotatable bonds is 10. The van der Waals surface area contributed by atoms with Crippen LogP contribution in [0.4, 0.5) is 10.1 Å². The number of para-hydroxylation sites is 1. The molecule has 0 amide bonds. The zero-order valence-electron chi connectivity index (χ0n) is 19.1. The molecule has 2 N–H and O–H groups in total. The van der Waals surface area contributed by atoms with E-state index >= 15 is 0 Å². The van der Waals surface area contributed by atoms with Gasteiger partial charge in [0.1, 0.15) is 18.2 Å². The molecule has 170 valence electrons. The van der Waals surface area contributed by atoms with Crippen molar-refractivity contribution in [2.75, 3.05) is 31.6 Å². The molecule has 7 nitrogen and oxygen atoms in total. The lowest BCUT2D eigenvalue weighted by Crippen LogP contribution is -2.39. The maximum atomic E-state index is 13.4. The minimum Gasteiger partial charge on any atom is -0.375 e. The third-order valence-corrected chi connectivity index (χ3v) is 5.32. The lowest BCUT2D eigenvalue weighted by Gasteiger charge is -2.19. The largest absolute Gasteiger partial charge is 0.375 e. The number of aliphatic imine (C=N–C) groups is 1. The zero-order chi connectivity index (χ0) is 22.8. The van der Waals surface area contributed by atoms with Crippen LogP contribution in [-0.4, -0.2) is 47.4 Å². The molecule has 1 aromatic heterocycles. The molecule has 0 unspecified atom stereocenters. The van der Waals surface area contributed by atoms with Crippen molar-refractivity contribution >= 4 is 11.6 Å². The smallest absolute Gasteiger partial charge is 0.191 e. The van der Waals surface area contributed by atoms with Crippen molar-refractivity contribution in [3.8, 4) is 0 Å². The van der Waals surface area contributed by atoms with Gasteiger partial charge in [0.25, 0.3) is 0 Å². The second kappa shape index (κ2) is 11.8. The molecule has 0 aliphatic carbocycles. The number of nitrogens with zero attached hydrogens (tertiary/aromatic N) is 5. The SMILES string of the molecule is Cc1nnc(CN=C(NCCCN(C)c2ccccc2)NCCc2cccc(F)c2)n1C. The van der Waals surface area contributed by atoms with E-state index in [4.69, 9.17) is 0 Å². The summed E-state index contributed by atoms with van der Waals surface area (Å²) in [4.78, 5) is 6.91. The summed E-state index contributed by atoms with van der Waals surface area (Å²) in [6.45, 7) is 4.70. The molecule has 0 saturated carbocycles. The Morgan fingerprint density at radius 2 is 1.84 bits per heavy atom. The Morgan fingerprint density at radius 3 is 2.56 bits per heavy atom. The van der Waals surface area contributed by atoms with E-state index in [2.05, 4.69) is 49.9 Å². The van der Waals surface area contributed by atoms with Gasteiger partial charge in [-0.3, -0.25) is 0 Å². The molecule has 32 heavy (non-hydrogen) atoms. The third kappa shape index (κ3) is 7.08. The van der Waals surface area contributed by atoms with Gasteiger partial charge in [-0.05, 0) is 49.6 Å². The van der Waals surface area contributed by atoms with Crippen LogP contribution < -0.4 is 15.5 Å². The van der Waals surface area contributed by atoms with Crippen LogP contribution in [0.1, 0.15) is 23.6 Å². The number of aromatic nitrogens is 3. The Bertz CT molecular complexity index is 1000. The summed E-state index contributed by atoms with van der Waals surface area (Å²) in [7, 11) is 4.03. The molecule has 0 atom stereocenters. The number of guanidine groups is 1. The van der Waals surface area contributed by atoms with Gasteiger partial charge in [-0.1, -0.05) is 30.3 Å². The predicted molar refractivity (Wildman–Crippen MR) is 127 cm³/mol. The fraction of sp³-hybridized carbons (Fsp3) is 0.375. The second-order valence-corrected chi connectivity index (χ2v) is 7.73. The maximum absolute atomic E-state index is 13.4. The first-order valence-electron chi connectivity index (χ1n) is 10.9. The number of benzene rings is 2. The highest BCUT2D eigenvalue weighted by molar-refractivity contribution is 5.79. The van der Waals surface area contributed by atoms with E-state index in [9.17, 15) is 4.39 Å². The first kappa shape index (κ1) is 23.2. The van der Waals surface area contributed by atoms with Crippen LogP contribution in [-0.2, 0) is 20.0 Å². The maximum Gasteiger partial charge on any atom is 0.191 e. The third-order valence-electron chi connectivity index (χ3n) is 5.32. The first-order valence-corrected chi connectivity index (χ1v) is 10.9. The lowest BCUT2D eigenvalue weighted by atomic mass is 10.1. The fourth-order valence-corrected chi connectivity index (χ4v) is 3.27. The summed E-state index contributed by atoms with van der Waals surface area (Å²) in [5.74, 6) is 2.16. The van der Waals surface area contributed by atoms with Crippen LogP contribution in [0, 0.1) is 12.7 Å². The number of anilines is 1. The van der Waals surface area contributed by atoms with E-state index in [1.54, 1.807) is 12.1 Å². The summed E-state index contributed by atoms with van der Waals surface area (Å²) in [5, 5.41) is 15.0. The van der Waals surface area contributed by atoms with Gasteiger partial charge in [-0.2, -0.15) is 0 Å². The van der Waals surface area contributed by atoms with Crippen molar-refractivity contribution in [1.29, 1.82) is 0 Å². The predicted octanol–water partition coefficient (Wildman–Crippen LogP) is 3.07. The number of hydrogen-bond donors (Lipinski definition) is 2. The molecule has 3 rings (SSSR count). The fourth-order valence-electron chi connectivity index (χ4n) is 3.27. The van der Waals surface area contributed by atoms with Crippen molar-refractivity contribution in [1.82, 2.24) is 25.4 Å². The van der Waals surface area contributed by atoms with Crippen molar-refractivity contribution in [2.45, 2.75) is 26.3 Å². The van der Waals surface area contributed by atoms with E-state index in [1.807, 2.05) is 42.8 Å². The van der Waals surface area contributed by atoms with E-state index in [0.29, 0.717) is 25.5 Å². The van der Waals surface area contributed by atoms with Gasteiger partial charge in [-0.15, -0.1) is 10.2 Å². The molecule has 3 aromatic rings. The molecule has 2 aromatic carbocycles. The van der Waals surface area contributed by atoms with Gasteiger partial charge in [0.05, 0.1) is 0 Å². The van der Waals surface area contributed by atoms with E-state index < -0.39 is 0 Å². The quantitative estimate of drug-likeness (QED) is 0.290. The Morgan fingerprint density at radius 1 is 1.06 bits per heavy atom. The summed E-state index contributed by atoms with van der Waals surface area (Å²) in [6.07, 6.45) is 1.66. The Labute approximate surface area is 189 Å². The number of halogens is 1. The molecule has 0 bridgehead atoms. The Kier molecular flexibility index (Phi) is 8.60. The highest BCUT2D eigenvalue weighted by Crippen LogP contribution is 2.10. The first-order chi connectivity index (χ1) is 15.5. The standard InChI is InChI=1S/C24H32FN7/c1-19-29-30-23(32(19)3)18-28-24(27-15-13-20-9-7-10-21(25)17-20)26-14-8-16-31(2)22-11-5-4-6-12-22/h4-7,9-12,17H,8,13-16,18H2,1-3H3,(H2,26,27,28). The van der Waals surface area contributed by atoms with Crippen molar-refractivity contribution in [2.24, 2.45) is 12.0 Å². The van der Waals surface area contributed by atoms with E-state index in [-0.39, 0.29) is 5.82 Å². The molecule has 8 heteroatoms. The van der Waals surface area contributed by atoms with Crippen molar-refractivity contribution in [3.63, 3.8) is 0 Å². The van der Waals surface area contributed by atoms with Crippen LogP contribution in [0.5, 0.6) is 0 Å². The summed E-state index contributed by atoms with van der Waals surface area (Å²) in [5.41, 5.74) is 2.15. The van der Waals surface area contributed by atoms with Gasteiger partial charge >= 0.3 is 0 Å². The zero-order valence-corrected chi connectivity index (χ0v) is 19.1. The van der Waals surface area contributed by atoms with Crippen LogP contribution in [0.15, 0.2) is 59.6 Å². The average Bonchev–Trinajstić information content (AvgIpc) is 3.12. The van der Waals surface area contributed by atoms with Crippen molar-refractivity contribution in [3.05, 3.63) is 77.6 Å². The van der Waals surface area contributed by atoms with Crippen LogP contribution >= 0.6 is 0 Å².